The molecule has 0 fully saturated rings. The van der Waals surface area contributed by atoms with Gasteiger partial charge in [0.1, 0.15) is 18.0 Å². The molecule has 2 N–H and O–H groups in total. The number of aliphatic hydroxyl groups excluding tert-OH is 1. The summed E-state index contributed by atoms with van der Waals surface area (Å²) in [6.45, 7) is -0.277. The summed E-state index contributed by atoms with van der Waals surface area (Å²) in [6, 6.07) is 5.79. The van der Waals surface area contributed by atoms with E-state index in [-0.39, 0.29) is 18.1 Å². The summed E-state index contributed by atoms with van der Waals surface area (Å²) in [5.74, 6) is 0.270. The van der Waals surface area contributed by atoms with E-state index in [2.05, 4.69) is 20.1 Å². The minimum absolute atomic E-state index is 0.0899. The Bertz CT molecular complexity index is 814. The number of aromatic amines is 1. The molecule has 0 aromatic carbocycles. The number of nitrogens with one attached hydrogen (secondary N) is 1. The molecule has 0 aliphatic rings. The molecule has 118 valence electrons. The standard InChI is InChI=1S/C14H10F3N5O/c15-14(16,17)12-4-11(21-22-12)10-3-1-2-9(20-10)8-5-18-13(7-23)19-6-8/h1-6,23H,7H2,(H,21,22). The van der Waals surface area contributed by atoms with E-state index < -0.39 is 11.9 Å². The fourth-order valence-electron chi connectivity index (χ4n) is 1.90. The zero-order chi connectivity index (χ0) is 16.4. The van der Waals surface area contributed by atoms with Gasteiger partial charge in [0.05, 0.1) is 11.4 Å². The average molecular weight is 321 g/mol. The Labute approximate surface area is 128 Å². The van der Waals surface area contributed by atoms with Gasteiger partial charge in [0.2, 0.25) is 0 Å². The average Bonchev–Trinajstić information content (AvgIpc) is 3.05. The van der Waals surface area contributed by atoms with Gasteiger partial charge in [0, 0.05) is 18.0 Å². The molecule has 3 rings (SSSR count). The lowest BCUT2D eigenvalue weighted by Gasteiger charge is -2.03. The molecule has 0 spiro atoms. The molecule has 0 aliphatic carbocycles. The van der Waals surface area contributed by atoms with E-state index in [9.17, 15) is 13.2 Å². The van der Waals surface area contributed by atoms with Crippen molar-refractivity contribution in [3.63, 3.8) is 0 Å². The second-order valence-electron chi connectivity index (χ2n) is 4.62. The number of pyridine rings is 1. The first-order valence-corrected chi connectivity index (χ1v) is 6.49. The number of alkyl halides is 3. The van der Waals surface area contributed by atoms with Crippen LogP contribution < -0.4 is 0 Å². The summed E-state index contributed by atoms with van der Waals surface area (Å²) >= 11 is 0. The van der Waals surface area contributed by atoms with Gasteiger partial charge < -0.3 is 5.11 Å². The highest BCUT2D eigenvalue weighted by atomic mass is 19.4. The molecule has 0 saturated heterocycles. The number of hydrogen-bond acceptors (Lipinski definition) is 5. The van der Waals surface area contributed by atoms with Crippen LogP contribution in [-0.2, 0) is 12.8 Å². The van der Waals surface area contributed by atoms with Crippen LogP contribution >= 0.6 is 0 Å². The molecule has 3 aromatic heterocycles. The molecular weight excluding hydrogens is 311 g/mol. The van der Waals surface area contributed by atoms with E-state index in [1.807, 2.05) is 5.10 Å². The van der Waals surface area contributed by atoms with Crippen LogP contribution in [-0.4, -0.2) is 30.3 Å². The molecule has 0 amide bonds. The largest absolute Gasteiger partial charge is 0.432 e. The van der Waals surface area contributed by atoms with E-state index in [0.717, 1.165) is 6.07 Å². The van der Waals surface area contributed by atoms with Crippen molar-refractivity contribution in [2.75, 3.05) is 0 Å². The summed E-state index contributed by atoms with van der Waals surface area (Å²) in [5, 5.41) is 14.5. The van der Waals surface area contributed by atoms with Crippen molar-refractivity contribution in [3.8, 4) is 22.6 Å². The number of aromatic nitrogens is 5. The predicted octanol–water partition coefficient (Wildman–Crippen LogP) is 2.44. The van der Waals surface area contributed by atoms with Crippen molar-refractivity contribution in [2.24, 2.45) is 0 Å². The zero-order valence-corrected chi connectivity index (χ0v) is 11.5. The van der Waals surface area contributed by atoms with Gasteiger partial charge in [0.15, 0.2) is 5.82 Å². The molecule has 0 bridgehead atoms. The van der Waals surface area contributed by atoms with Gasteiger partial charge in [-0.05, 0) is 18.2 Å². The Hall–Kier alpha value is -2.81. The number of hydrogen-bond donors (Lipinski definition) is 2. The van der Waals surface area contributed by atoms with Gasteiger partial charge in [-0.2, -0.15) is 18.3 Å². The Morgan fingerprint density at radius 1 is 1.04 bits per heavy atom. The van der Waals surface area contributed by atoms with Crippen LogP contribution in [0, 0.1) is 0 Å². The van der Waals surface area contributed by atoms with Crippen LogP contribution in [0.2, 0.25) is 0 Å². The molecule has 0 unspecified atom stereocenters. The van der Waals surface area contributed by atoms with E-state index in [0.29, 0.717) is 17.0 Å². The molecule has 0 radical (unpaired) electrons. The number of aliphatic hydroxyl groups is 1. The van der Waals surface area contributed by atoms with Crippen molar-refractivity contribution in [1.29, 1.82) is 0 Å². The van der Waals surface area contributed by atoms with Crippen molar-refractivity contribution < 1.29 is 18.3 Å². The van der Waals surface area contributed by atoms with Gasteiger partial charge in [-0.15, -0.1) is 0 Å². The Kier molecular flexibility index (Phi) is 3.78. The summed E-state index contributed by atoms with van der Waals surface area (Å²) < 4.78 is 37.8. The van der Waals surface area contributed by atoms with E-state index in [1.165, 1.54) is 12.4 Å². The van der Waals surface area contributed by atoms with Gasteiger partial charge in [-0.25, -0.2) is 15.0 Å². The first kappa shape index (κ1) is 15.1. The third kappa shape index (κ3) is 3.19. The van der Waals surface area contributed by atoms with Crippen LogP contribution in [0.25, 0.3) is 22.6 Å². The lowest BCUT2D eigenvalue weighted by atomic mass is 10.2. The number of halogens is 3. The van der Waals surface area contributed by atoms with E-state index >= 15 is 0 Å². The van der Waals surface area contributed by atoms with Crippen molar-refractivity contribution >= 4 is 0 Å². The lowest BCUT2D eigenvalue weighted by Crippen LogP contribution is -2.04. The van der Waals surface area contributed by atoms with Crippen molar-refractivity contribution in [1.82, 2.24) is 25.1 Å². The van der Waals surface area contributed by atoms with Crippen LogP contribution in [0.4, 0.5) is 13.2 Å². The minimum atomic E-state index is -4.49. The highest BCUT2D eigenvalue weighted by Gasteiger charge is 2.33. The SMILES string of the molecule is OCc1ncc(-c2cccc(-c3cc(C(F)(F)F)[nH]n3)n2)cn1. The molecule has 9 heteroatoms. The lowest BCUT2D eigenvalue weighted by molar-refractivity contribution is -0.141. The van der Waals surface area contributed by atoms with Gasteiger partial charge in [-0.1, -0.05) is 6.07 Å². The highest BCUT2D eigenvalue weighted by Crippen LogP contribution is 2.30. The Morgan fingerprint density at radius 3 is 2.35 bits per heavy atom. The smallest absolute Gasteiger partial charge is 0.388 e. The van der Waals surface area contributed by atoms with E-state index in [1.54, 1.807) is 18.2 Å². The van der Waals surface area contributed by atoms with Gasteiger partial charge in [0.25, 0.3) is 0 Å². The predicted molar refractivity (Wildman–Crippen MR) is 73.8 cm³/mol. The number of nitrogens with zero attached hydrogens (tertiary/aromatic N) is 4. The maximum absolute atomic E-state index is 12.6. The fraction of sp³-hybridized carbons (Fsp3) is 0.143. The molecule has 6 nitrogen and oxygen atoms in total. The maximum atomic E-state index is 12.6. The van der Waals surface area contributed by atoms with Gasteiger partial charge in [-0.3, -0.25) is 5.10 Å². The quantitative estimate of drug-likeness (QED) is 0.773. The molecule has 0 saturated carbocycles. The molecule has 3 heterocycles. The number of rotatable bonds is 3. The second-order valence-corrected chi connectivity index (χ2v) is 4.62. The van der Waals surface area contributed by atoms with E-state index in [4.69, 9.17) is 5.11 Å². The summed E-state index contributed by atoms with van der Waals surface area (Å²) in [5.41, 5.74) is 0.516. The Morgan fingerprint density at radius 2 is 1.74 bits per heavy atom. The van der Waals surface area contributed by atoms with Crippen LogP contribution in [0.1, 0.15) is 11.5 Å². The van der Waals surface area contributed by atoms with Gasteiger partial charge >= 0.3 is 6.18 Å². The summed E-state index contributed by atoms with van der Waals surface area (Å²) in [6.07, 6.45) is -1.52. The molecule has 23 heavy (non-hydrogen) atoms. The van der Waals surface area contributed by atoms with Crippen LogP contribution in [0.5, 0.6) is 0 Å². The summed E-state index contributed by atoms with van der Waals surface area (Å²) in [7, 11) is 0. The molecular formula is C14H10F3N5O. The van der Waals surface area contributed by atoms with Crippen LogP contribution in [0.3, 0.4) is 0 Å². The molecule has 3 aromatic rings. The van der Waals surface area contributed by atoms with Crippen molar-refractivity contribution in [3.05, 3.63) is 48.2 Å². The first-order chi connectivity index (χ1) is 11.0. The topological polar surface area (TPSA) is 87.6 Å². The summed E-state index contributed by atoms with van der Waals surface area (Å²) in [4.78, 5) is 12.2. The molecule has 0 atom stereocenters. The molecule has 0 aliphatic heterocycles. The Balaban J connectivity index is 1.94. The third-order valence-electron chi connectivity index (χ3n) is 3.04. The number of H-pyrrole nitrogens is 1. The van der Waals surface area contributed by atoms with Crippen molar-refractivity contribution in [2.45, 2.75) is 12.8 Å². The second kappa shape index (κ2) is 5.76. The van der Waals surface area contributed by atoms with Crippen LogP contribution in [0.15, 0.2) is 36.7 Å². The zero-order valence-electron chi connectivity index (χ0n) is 11.5. The monoisotopic (exact) mass is 321 g/mol. The fourth-order valence-corrected chi connectivity index (χ4v) is 1.90. The highest BCUT2D eigenvalue weighted by molar-refractivity contribution is 5.63. The third-order valence-corrected chi connectivity index (χ3v) is 3.04. The minimum Gasteiger partial charge on any atom is -0.388 e. The first-order valence-electron chi connectivity index (χ1n) is 6.49. The normalized spacial score (nSPS) is 11.7. The maximum Gasteiger partial charge on any atom is 0.432 e.